The summed E-state index contributed by atoms with van der Waals surface area (Å²) in [6.07, 6.45) is -0.531. The van der Waals surface area contributed by atoms with E-state index >= 15 is 0 Å². The molecule has 25 heavy (non-hydrogen) atoms. The summed E-state index contributed by atoms with van der Waals surface area (Å²) in [4.78, 5) is 34.5. The van der Waals surface area contributed by atoms with E-state index in [0.29, 0.717) is 28.0 Å². The predicted molar refractivity (Wildman–Crippen MR) is 86.7 cm³/mol. The summed E-state index contributed by atoms with van der Waals surface area (Å²) in [5, 5.41) is 13.4. The van der Waals surface area contributed by atoms with Gasteiger partial charge in [0.25, 0.3) is 0 Å². The fourth-order valence-corrected chi connectivity index (χ4v) is 2.49. The van der Waals surface area contributed by atoms with Gasteiger partial charge in [-0.15, -0.1) is 0 Å². The lowest BCUT2D eigenvalue weighted by Crippen LogP contribution is -2.32. The molecule has 1 aromatic heterocycles. The van der Waals surface area contributed by atoms with Crippen molar-refractivity contribution in [3.8, 4) is 11.5 Å². The minimum atomic E-state index is -1.26. The number of fused-ring (bicyclic) bond motifs is 1. The second-order valence-corrected chi connectivity index (χ2v) is 5.34. The highest BCUT2D eigenvalue weighted by atomic mass is 16.5. The van der Waals surface area contributed by atoms with E-state index < -0.39 is 17.5 Å². The van der Waals surface area contributed by atoms with Gasteiger partial charge in [-0.3, -0.25) is 4.79 Å². The van der Waals surface area contributed by atoms with E-state index in [-0.39, 0.29) is 24.9 Å². The summed E-state index contributed by atoms with van der Waals surface area (Å²) in [6.45, 7) is 1.62. The van der Waals surface area contributed by atoms with Crippen molar-refractivity contribution in [3.05, 3.63) is 33.7 Å². The molecule has 1 amide bonds. The van der Waals surface area contributed by atoms with Crippen molar-refractivity contribution in [1.82, 2.24) is 5.32 Å². The lowest BCUT2D eigenvalue weighted by molar-refractivity contribution is -0.305. The van der Waals surface area contributed by atoms with E-state index in [9.17, 15) is 19.5 Å². The molecule has 8 heteroatoms. The Morgan fingerprint density at radius 3 is 2.56 bits per heavy atom. The van der Waals surface area contributed by atoms with Crippen LogP contribution < -0.4 is 25.5 Å². The number of hydrogen-bond acceptors (Lipinski definition) is 7. The Kier molecular flexibility index (Phi) is 5.63. The summed E-state index contributed by atoms with van der Waals surface area (Å²) in [5.41, 5.74) is 0.387. The molecule has 0 aliphatic rings. The highest BCUT2D eigenvalue weighted by molar-refractivity contribution is 5.90. The molecule has 0 atom stereocenters. The van der Waals surface area contributed by atoms with Gasteiger partial charge in [-0.1, -0.05) is 0 Å². The highest BCUT2D eigenvalue weighted by Crippen LogP contribution is 2.33. The highest BCUT2D eigenvalue weighted by Gasteiger charge is 2.18. The van der Waals surface area contributed by atoms with Gasteiger partial charge in [0, 0.05) is 31.1 Å². The number of carboxylic acids is 1. The lowest BCUT2D eigenvalue weighted by Gasteiger charge is -2.12. The molecular formula is C17H18NO7-. The number of hydrogen-bond donors (Lipinski definition) is 1. The first-order valence-electron chi connectivity index (χ1n) is 7.52. The second kappa shape index (κ2) is 7.69. The van der Waals surface area contributed by atoms with Crippen LogP contribution in [-0.4, -0.2) is 32.6 Å². The van der Waals surface area contributed by atoms with Gasteiger partial charge in [-0.05, 0) is 12.5 Å². The van der Waals surface area contributed by atoms with Crippen LogP contribution in [0.1, 0.15) is 17.5 Å². The van der Waals surface area contributed by atoms with Gasteiger partial charge in [-0.25, -0.2) is 4.79 Å². The topological polar surface area (TPSA) is 118 Å². The molecule has 0 saturated heterocycles. The van der Waals surface area contributed by atoms with Crippen LogP contribution in [0.15, 0.2) is 21.3 Å². The SMILES string of the molecule is COc1cc(OC)c2c(C)c(CC(=O)NCCC(=O)[O-])c(=O)oc2c1. The number of ether oxygens (including phenoxy) is 2. The first-order valence-corrected chi connectivity index (χ1v) is 7.52. The largest absolute Gasteiger partial charge is 0.550 e. The smallest absolute Gasteiger partial charge is 0.340 e. The summed E-state index contributed by atoms with van der Waals surface area (Å²) in [6, 6.07) is 3.22. The van der Waals surface area contributed by atoms with Crippen LogP contribution in [0.2, 0.25) is 0 Å². The number of methoxy groups -OCH3 is 2. The first-order chi connectivity index (χ1) is 11.9. The fourth-order valence-electron chi connectivity index (χ4n) is 2.49. The van der Waals surface area contributed by atoms with Crippen LogP contribution in [0.5, 0.6) is 11.5 Å². The second-order valence-electron chi connectivity index (χ2n) is 5.34. The third-order valence-corrected chi connectivity index (χ3v) is 3.76. The standard InChI is InChI=1S/C17H19NO7/c1-9-11(8-14(19)18-5-4-15(20)21)17(22)25-13-7-10(23-2)6-12(24-3)16(9)13/h6-7H,4-5,8H2,1-3H3,(H,18,19)(H,20,21)/p-1. The molecule has 8 nitrogen and oxygen atoms in total. The van der Waals surface area contributed by atoms with Gasteiger partial charge >= 0.3 is 5.63 Å². The van der Waals surface area contributed by atoms with Gasteiger partial charge in [0.2, 0.25) is 5.91 Å². The molecule has 1 aromatic carbocycles. The number of nitrogens with one attached hydrogen (secondary N) is 1. The molecule has 0 spiro atoms. The molecule has 0 aliphatic heterocycles. The van der Waals surface area contributed by atoms with Crippen LogP contribution in [0.4, 0.5) is 0 Å². The molecule has 0 radical (unpaired) electrons. The van der Waals surface area contributed by atoms with Crippen molar-refractivity contribution < 1.29 is 28.6 Å². The summed E-state index contributed by atoms with van der Waals surface area (Å²) >= 11 is 0. The zero-order chi connectivity index (χ0) is 18.6. The van der Waals surface area contributed by atoms with Crippen molar-refractivity contribution in [3.63, 3.8) is 0 Å². The fraction of sp³-hybridized carbons (Fsp3) is 0.353. The maximum atomic E-state index is 12.2. The third kappa shape index (κ3) is 4.09. The molecular weight excluding hydrogens is 330 g/mol. The average Bonchev–Trinajstić information content (AvgIpc) is 2.56. The van der Waals surface area contributed by atoms with Crippen molar-refractivity contribution >= 4 is 22.8 Å². The zero-order valence-corrected chi connectivity index (χ0v) is 14.1. The molecule has 0 saturated carbocycles. The maximum absolute atomic E-state index is 12.2. The van der Waals surface area contributed by atoms with E-state index in [1.807, 2.05) is 0 Å². The van der Waals surface area contributed by atoms with E-state index in [1.54, 1.807) is 19.1 Å². The minimum Gasteiger partial charge on any atom is -0.550 e. The predicted octanol–water partition coefficient (Wildman–Crippen LogP) is -0.0827. The molecule has 1 heterocycles. The van der Waals surface area contributed by atoms with Gasteiger partial charge in [0.05, 0.1) is 31.6 Å². The molecule has 134 valence electrons. The Hall–Kier alpha value is -3.03. The van der Waals surface area contributed by atoms with Crippen molar-refractivity contribution in [1.29, 1.82) is 0 Å². The first kappa shape index (κ1) is 18.3. The Morgan fingerprint density at radius 2 is 1.96 bits per heavy atom. The number of benzene rings is 1. The summed E-state index contributed by atoms with van der Waals surface area (Å²) in [7, 11) is 2.96. The molecule has 2 aromatic rings. The lowest BCUT2D eigenvalue weighted by atomic mass is 10.0. The van der Waals surface area contributed by atoms with E-state index in [1.165, 1.54) is 14.2 Å². The molecule has 0 fully saturated rings. The van der Waals surface area contributed by atoms with Gasteiger partial charge < -0.3 is 29.1 Å². The minimum absolute atomic E-state index is 0.0698. The van der Waals surface area contributed by atoms with Crippen LogP contribution >= 0.6 is 0 Å². The Bertz CT molecular complexity index is 869. The van der Waals surface area contributed by atoms with Crippen molar-refractivity contribution in [2.45, 2.75) is 19.8 Å². The number of amides is 1. The number of carboxylic acid groups (broad SMARTS) is 1. The number of carbonyl (C=O) groups is 2. The molecule has 1 N–H and O–H groups in total. The summed E-state index contributed by atoms with van der Waals surface area (Å²) in [5.74, 6) is -0.822. The van der Waals surface area contributed by atoms with Crippen LogP contribution in [0.3, 0.4) is 0 Å². The zero-order valence-electron chi connectivity index (χ0n) is 14.1. The van der Waals surface area contributed by atoms with Gasteiger partial charge in [-0.2, -0.15) is 0 Å². The average molecular weight is 348 g/mol. The van der Waals surface area contributed by atoms with E-state index in [4.69, 9.17) is 13.9 Å². The van der Waals surface area contributed by atoms with E-state index in [2.05, 4.69) is 5.32 Å². The number of aliphatic carboxylic acids is 1. The normalized spacial score (nSPS) is 10.5. The van der Waals surface area contributed by atoms with Crippen LogP contribution in [0, 0.1) is 6.92 Å². The molecule has 0 bridgehead atoms. The molecule has 0 aliphatic carbocycles. The molecule has 0 unspecified atom stereocenters. The Balaban J connectivity index is 2.39. The Labute approximate surface area is 143 Å². The Morgan fingerprint density at radius 1 is 1.24 bits per heavy atom. The quantitative estimate of drug-likeness (QED) is 0.695. The maximum Gasteiger partial charge on any atom is 0.340 e. The van der Waals surface area contributed by atoms with Crippen molar-refractivity contribution in [2.75, 3.05) is 20.8 Å². The number of aryl methyl sites for hydroxylation is 1. The van der Waals surface area contributed by atoms with Crippen molar-refractivity contribution in [2.24, 2.45) is 0 Å². The summed E-state index contributed by atoms with van der Waals surface area (Å²) < 4.78 is 15.8. The van der Waals surface area contributed by atoms with Crippen LogP contribution in [-0.2, 0) is 16.0 Å². The van der Waals surface area contributed by atoms with E-state index in [0.717, 1.165) is 0 Å². The number of rotatable bonds is 7. The monoisotopic (exact) mass is 348 g/mol. The van der Waals surface area contributed by atoms with Gasteiger partial charge in [0.1, 0.15) is 17.1 Å². The van der Waals surface area contributed by atoms with Gasteiger partial charge in [0.15, 0.2) is 0 Å². The molecule has 2 rings (SSSR count). The van der Waals surface area contributed by atoms with Crippen LogP contribution in [0.25, 0.3) is 11.0 Å². The number of carbonyl (C=O) groups excluding carboxylic acids is 2. The third-order valence-electron chi connectivity index (χ3n) is 3.76.